The number of benzene rings is 3. The summed E-state index contributed by atoms with van der Waals surface area (Å²) in [5, 5.41) is 35.0. The highest BCUT2D eigenvalue weighted by molar-refractivity contribution is 7.85. The van der Waals surface area contributed by atoms with E-state index in [0.717, 1.165) is 0 Å². The number of hydrogen-bond acceptors (Lipinski definition) is 8. The molecule has 0 heterocycles. The highest BCUT2D eigenvalue weighted by atomic mass is 32.2. The second-order valence-electron chi connectivity index (χ2n) is 6.35. The average Bonchev–Trinajstić information content (AvgIpc) is 2.73. The number of hydrogen-bond donors (Lipinski definition) is 3. The number of nitrogens with zero attached hydrogens (tertiary/aromatic N) is 4. The van der Waals surface area contributed by atoms with E-state index in [1.54, 1.807) is 31.2 Å². The van der Waals surface area contributed by atoms with Crippen LogP contribution in [-0.2, 0) is 10.1 Å². The number of aromatic carboxylic acids is 1. The maximum atomic E-state index is 11.2. The normalized spacial score (nSPS) is 11.9. The van der Waals surface area contributed by atoms with Gasteiger partial charge in [0.1, 0.15) is 11.3 Å². The number of carboxylic acid groups (broad SMARTS) is 1. The van der Waals surface area contributed by atoms with Gasteiger partial charge >= 0.3 is 5.97 Å². The highest BCUT2D eigenvalue weighted by Crippen LogP contribution is 2.29. The van der Waals surface area contributed by atoms with Gasteiger partial charge in [-0.3, -0.25) is 4.55 Å². The van der Waals surface area contributed by atoms with Crippen molar-refractivity contribution in [3.63, 3.8) is 0 Å². The van der Waals surface area contributed by atoms with E-state index in [2.05, 4.69) is 20.5 Å². The van der Waals surface area contributed by atoms with E-state index in [1.807, 2.05) is 0 Å². The molecule has 0 aromatic heterocycles. The summed E-state index contributed by atoms with van der Waals surface area (Å²) in [6.45, 7) is 1.57. The fraction of sp³-hybridized carbons (Fsp3) is 0.0500. The van der Waals surface area contributed by atoms with Gasteiger partial charge in [-0.05, 0) is 73.2 Å². The molecule has 0 unspecified atom stereocenters. The molecule has 0 fully saturated rings. The number of aromatic hydroxyl groups is 1. The molecule has 3 aromatic rings. The predicted molar refractivity (Wildman–Crippen MR) is 111 cm³/mol. The van der Waals surface area contributed by atoms with Crippen molar-refractivity contribution in [1.82, 2.24) is 0 Å². The maximum absolute atomic E-state index is 11.2. The first-order valence-electron chi connectivity index (χ1n) is 8.71. The van der Waals surface area contributed by atoms with Crippen LogP contribution in [0.3, 0.4) is 0 Å². The molecule has 3 aromatic carbocycles. The van der Waals surface area contributed by atoms with Gasteiger partial charge in [0.15, 0.2) is 0 Å². The predicted octanol–water partition coefficient (Wildman–Crippen LogP) is 5.48. The lowest BCUT2D eigenvalue weighted by Crippen LogP contribution is -1.97. The highest BCUT2D eigenvalue weighted by Gasteiger charge is 2.13. The third kappa shape index (κ3) is 5.56. The Labute approximate surface area is 177 Å². The Kier molecular flexibility index (Phi) is 6.18. The molecule has 3 rings (SSSR count). The van der Waals surface area contributed by atoms with Crippen LogP contribution in [0.15, 0.2) is 86.0 Å². The van der Waals surface area contributed by atoms with Crippen molar-refractivity contribution < 1.29 is 28.0 Å². The molecule has 31 heavy (non-hydrogen) atoms. The molecule has 0 amide bonds. The molecule has 0 aliphatic heterocycles. The van der Waals surface area contributed by atoms with Gasteiger partial charge in [0.05, 0.1) is 27.6 Å². The van der Waals surface area contributed by atoms with Crippen LogP contribution in [0.2, 0.25) is 0 Å². The lowest BCUT2D eigenvalue weighted by Gasteiger charge is -2.04. The standard InChI is InChI=1S/C20H16N4O6S/c1-12-10-16(11-18(19(12)25)20(26)27)24-23-14-4-2-13(3-5-14)21-22-15-6-8-17(9-7-15)31(28,29)30/h2-11,25H,1H3,(H,26,27)(H,28,29,30). The lowest BCUT2D eigenvalue weighted by atomic mass is 10.1. The van der Waals surface area contributed by atoms with E-state index in [-0.39, 0.29) is 21.9 Å². The van der Waals surface area contributed by atoms with Crippen LogP contribution in [0.5, 0.6) is 5.75 Å². The number of rotatable bonds is 6. The molecule has 158 valence electrons. The largest absolute Gasteiger partial charge is 0.507 e. The molecule has 0 atom stereocenters. The molecule has 0 saturated carbocycles. The Hall–Kier alpha value is -3.96. The summed E-state index contributed by atoms with van der Waals surface area (Å²) >= 11 is 0. The van der Waals surface area contributed by atoms with Crippen molar-refractivity contribution in [2.75, 3.05) is 0 Å². The molecule has 0 bridgehead atoms. The van der Waals surface area contributed by atoms with Crippen molar-refractivity contribution in [1.29, 1.82) is 0 Å². The topological polar surface area (TPSA) is 161 Å². The van der Waals surface area contributed by atoms with E-state index in [9.17, 15) is 18.3 Å². The average molecular weight is 440 g/mol. The Morgan fingerprint density at radius 2 is 1.19 bits per heavy atom. The van der Waals surface area contributed by atoms with Crippen LogP contribution in [0.1, 0.15) is 15.9 Å². The van der Waals surface area contributed by atoms with Crippen LogP contribution < -0.4 is 0 Å². The zero-order chi connectivity index (χ0) is 22.6. The molecule has 0 spiro atoms. The summed E-state index contributed by atoms with van der Waals surface area (Å²) in [7, 11) is -4.26. The molecular formula is C20H16N4O6S. The summed E-state index contributed by atoms with van der Waals surface area (Å²) < 4.78 is 31.0. The number of carbonyl (C=O) groups is 1. The summed E-state index contributed by atoms with van der Waals surface area (Å²) in [5.74, 6) is -1.58. The van der Waals surface area contributed by atoms with Crippen molar-refractivity contribution in [3.8, 4) is 5.75 Å². The van der Waals surface area contributed by atoms with Gasteiger partial charge in [0, 0.05) is 0 Å². The van der Waals surface area contributed by atoms with Gasteiger partial charge in [0.2, 0.25) is 0 Å². The summed E-state index contributed by atoms with van der Waals surface area (Å²) in [5.41, 5.74) is 1.78. The number of aryl methyl sites for hydroxylation is 1. The van der Waals surface area contributed by atoms with Crippen LogP contribution in [-0.4, -0.2) is 29.2 Å². The minimum atomic E-state index is -4.26. The van der Waals surface area contributed by atoms with Gasteiger partial charge in [-0.2, -0.15) is 28.9 Å². The van der Waals surface area contributed by atoms with Gasteiger partial charge in [-0.1, -0.05) is 0 Å². The SMILES string of the molecule is Cc1cc(N=Nc2ccc(N=Nc3ccc(S(=O)(=O)O)cc3)cc2)cc(C(=O)O)c1O. The fourth-order valence-electron chi connectivity index (χ4n) is 2.48. The molecule has 0 aliphatic rings. The third-order valence-corrected chi connectivity index (χ3v) is 4.93. The van der Waals surface area contributed by atoms with Crippen molar-refractivity contribution >= 4 is 38.8 Å². The molecule has 11 heteroatoms. The van der Waals surface area contributed by atoms with Crippen LogP contribution in [0, 0.1) is 6.92 Å². The Balaban J connectivity index is 1.72. The van der Waals surface area contributed by atoms with Crippen LogP contribution in [0.4, 0.5) is 22.7 Å². The molecule has 0 radical (unpaired) electrons. The van der Waals surface area contributed by atoms with Gasteiger partial charge in [-0.25, -0.2) is 4.79 Å². The van der Waals surface area contributed by atoms with Gasteiger partial charge in [-0.15, -0.1) is 0 Å². The third-order valence-electron chi connectivity index (χ3n) is 4.06. The first-order chi connectivity index (χ1) is 14.6. The summed E-state index contributed by atoms with van der Waals surface area (Å²) in [4.78, 5) is 10.9. The Morgan fingerprint density at radius 3 is 1.61 bits per heavy atom. The van der Waals surface area contributed by atoms with Crippen LogP contribution in [0.25, 0.3) is 0 Å². The van der Waals surface area contributed by atoms with E-state index >= 15 is 0 Å². The zero-order valence-electron chi connectivity index (χ0n) is 16.0. The zero-order valence-corrected chi connectivity index (χ0v) is 16.9. The Morgan fingerprint density at radius 1 is 0.774 bits per heavy atom. The molecular weight excluding hydrogens is 424 g/mol. The van der Waals surface area contributed by atoms with E-state index in [4.69, 9.17) is 9.66 Å². The summed E-state index contributed by atoms with van der Waals surface area (Å²) in [6.07, 6.45) is 0. The second kappa shape index (κ2) is 8.81. The fourth-order valence-corrected chi connectivity index (χ4v) is 2.96. The molecule has 3 N–H and O–H groups in total. The first kappa shape index (κ1) is 21.7. The quantitative estimate of drug-likeness (QED) is 0.340. The minimum Gasteiger partial charge on any atom is -0.507 e. The van der Waals surface area contributed by atoms with Gasteiger partial charge < -0.3 is 10.2 Å². The number of phenols is 1. The van der Waals surface area contributed by atoms with Crippen molar-refractivity contribution in [2.24, 2.45) is 20.5 Å². The van der Waals surface area contributed by atoms with E-state index < -0.39 is 16.1 Å². The molecule has 0 saturated heterocycles. The van der Waals surface area contributed by atoms with Crippen LogP contribution >= 0.6 is 0 Å². The number of carboxylic acids is 1. The molecule has 0 aliphatic carbocycles. The van der Waals surface area contributed by atoms with Crippen molar-refractivity contribution in [2.45, 2.75) is 11.8 Å². The van der Waals surface area contributed by atoms with Gasteiger partial charge in [0.25, 0.3) is 10.1 Å². The van der Waals surface area contributed by atoms with E-state index in [1.165, 1.54) is 36.4 Å². The first-order valence-corrected chi connectivity index (χ1v) is 10.2. The monoisotopic (exact) mass is 440 g/mol. The van der Waals surface area contributed by atoms with Crippen molar-refractivity contribution in [3.05, 3.63) is 71.8 Å². The lowest BCUT2D eigenvalue weighted by molar-refractivity contribution is 0.0693. The summed E-state index contributed by atoms with van der Waals surface area (Å²) in [6, 6.07) is 14.5. The molecule has 10 nitrogen and oxygen atoms in total. The maximum Gasteiger partial charge on any atom is 0.339 e. The Bertz CT molecular complexity index is 1280. The second-order valence-corrected chi connectivity index (χ2v) is 7.77. The smallest absolute Gasteiger partial charge is 0.339 e. The minimum absolute atomic E-state index is 0.236. The van der Waals surface area contributed by atoms with E-state index in [0.29, 0.717) is 22.6 Å². The number of azo groups is 2.